The maximum atomic E-state index is 12.4. The molecule has 0 aromatic heterocycles. The highest BCUT2D eigenvalue weighted by Crippen LogP contribution is 2.43. The zero-order valence-electron chi connectivity index (χ0n) is 17.0. The first-order valence-electron chi connectivity index (χ1n) is 9.75. The maximum absolute atomic E-state index is 12.4. The van der Waals surface area contributed by atoms with Crippen molar-refractivity contribution in [2.45, 2.75) is 38.8 Å². The van der Waals surface area contributed by atoms with Gasteiger partial charge >= 0.3 is 0 Å². The molecule has 0 saturated carbocycles. The summed E-state index contributed by atoms with van der Waals surface area (Å²) in [6.45, 7) is 3.35. The van der Waals surface area contributed by atoms with Gasteiger partial charge in [-0.05, 0) is 66.6 Å². The second-order valence-corrected chi connectivity index (χ2v) is 7.52. The van der Waals surface area contributed by atoms with Crippen molar-refractivity contribution in [2.24, 2.45) is 0 Å². The van der Waals surface area contributed by atoms with Crippen molar-refractivity contribution in [1.29, 1.82) is 0 Å². The van der Waals surface area contributed by atoms with E-state index in [9.17, 15) is 4.79 Å². The average molecular weight is 381 g/mol. The molecule has 0 aliphatic carbocycles. The summed E-state index contributed by atoms with van der Waals surface area (Å²) in [7, 11) is 4.99. The molecule has 0 amide bonds. The van der Waals surface area contributed by atoms with Gasteiger partial charge in [-0.2, -0.15) is 0 Å². The van der Waals surface area contributed by atoms with E-state index < -0.39 is 0 Å². The smallest absolute Gasteiger partial charge is 0.163 e. The van der Waals surface area contributed by atoms with Gasteiger partial charge in [0.25, 0.3) is 0 Å². The van der Waals surface area contributed by atoms with Gasteiger partial charge in [-0.15, -0.1) is 0 Å². The van der Waals surface area contributed by atoms with Gasteiger partial charge in [-0.25, -0.2) is 0 Å². The van der Waals surface area contributed by atoms with Crippen molar-refractivity contribution in [3.63, 3.8) is 0 Å². The van der Waals surface area contributed by atoms with E-state index in [1.165, 1.54) is 16.7 Å². The number of methoxy groups -OCH3 is 3. The van der Waals surface area contributed by atoms with E-state index in [1.807, 2.05) is 6.07 Å². The van der Waals surface area contributed by atoms with Crippen LogP contribution in [0.5, 0.6) is 17.2 Å². The van der Waals surface area contributed by atoms with Crippen LogP contribution in [-0.4, -0.2) is 38.6 Å². The number of Topliss-reactive ketones (excluding diaryl/α,β-unsaturated/α-hetero) is 1. The van der Waals surface area contributed by atoms with Gasteiger partial charge < -0.3 is 14.2 Å². The standard InChI is InChI=1S/C23H27NO4/c1-14(25)23-18-13-24-10-9-16-11-21(27-3)22(28-4)12-17(16)19(24)7-5-15(18)6-8-20(23)26-2/h6,8,11-12,19H,5,7,9-10,13H2,1-4H3/t19-/m0/s1. The Bertz CT molecular complexity index is 921. The number of aryl methyl sites for hydroxylation is 1. The van der Waals surface area contributed by atoms with E-state index in [2.05, 4.69) is 23.1 Å². The Hall–Kier alpha value is -2.53. The van der Waals surface area contributed by atoms with Gasteiger partial charge in [0, 0.05) is 19.1 Å². The van der Waals surface area contributed by atoms with Crippen LogP contribution < -0.4 is 14.2 Å². The largest absolute Gasteiger partial charge is 0.496 e. The van der Waals surface area contributed by atoms with Crippen LogP contribution in [0.15, 0.2) is 24.3 Å². The zero-order chi connectivity index (χ0) is 19.8. The second kappa shape index (κ2) is 7.47. The predicted octanol–water partition coefficient (Wildman–Crippen LogP) is 3.96. The molecule has 2 heterocycles. The highest BCUT2D eigenvalue weighted by Gasteiger charge is 2.33. The average Bonchev–Trinajstić information content (AvgIpc) is 2.90. The van der Waals surface area contributed by atoms with E-state index in [0.29, 0.717) is 11.8 Å². The fourth-order valence-electron chi connectivity index (χ4n) is 4.74. The van der Waals surface area contributed by atoms with E-state index >= 15 is 0 Å². The molecule has 4 rings (SSSR count). The van der Waals surface area contributed by atoms with Crippen LogP contribution in [0.4, 0.5) is 0 Å². The summed E-state index contributed by atoms with van der Waals surface area (Å²) in [5.74, 6) is 2.30. The van der Waals surface area contributed by atoms with Gasteiger partial charge in [0.15, 0.2) is 17.3 Å². The molecular formula is C23H27NO4. The van der Waals surface area contributed by atoms with Crippen molar-refractivity contribution in [3.8, 4) is 17.2 Å². The highest BCUT2D eigenvalue weighted by molar-refractivity contribution is 5.98. The number of hydrogen-bond acceptors (Lipinski definition) is 5. The minimum Gasteiger partial charge on any atom is -0.496 e. The number of rotatable bonds is 4. The molecule has 1 atom stereocenters. The minimum absolute atomic E-state index is 0.0657. The van der Waals surface area contributed by atoms with Crippen LogP contribution in [0.25, 0.3) is 0 Å². The molecule has 2 aliphatic heterocycles. The molecule has 5 heteroatoms. The van der Waals surface area contributed by atoms with Gasteiger partial charge in [0.2, 0.25) is 0 Å². The molecule has 2 aliphatic rings. The first-order valence-corrected chi connectivity index (χ1v) is 9.75. The number of hydrogen-bond donors (Lipinski definition) is 0. The van der Waals surface area contributed by atoms with Crippen molar-refractivity contribution >= 4 is 5.78 Å². The molecule has 0 unspecified atom stereocenters. The topological polar surface area (TPSA) is 48.0 Å². The molecule has 0 bridgehead atoms. The molecule has 28 heavy (non-hydrogen) atoms. The summed E-state index contributed by atoms with van der Waals surface area (Å²) in [5, 5.41) is 0. The molecule has 0 N–H and O–H groups in total. The monoisotopic (exact) mass is 381 g/mol. The van der Waals surface area contributed by atoms with Crippen LogP contribution in [0, 0.1) is 0 Å². The quantitative estimate of drug-likeness (QED) is 0.751. The molecule has 0 saturated heterocycles. The van der Waals surface area contributed by atoms with Crippen LogP contribution >= 0.6 is 0 Å². The molecule has 2 aromatic carbocycles. The first kappa shape index (κ1) is 18.8. The lowest BCUT2D eigenvalue weighted by molar-refractivity contribution is 0.101. The fraction of sp³-hybridized carbons (Fsp3) is 0.435. The molecule has 0 spiro atoms. The number of carbonyl (C=O) groups excluding carboxylic acids is 1. The number of fused-ring (bicyclic) bond motifs is 4. The normalized spacial score (nSPS) is 18.4. The number of ether oxygens (including phenoxy) is 3. The van der Waals surface area contributed by atoms with Crippen LogP contribution in [0.2, 0.25) is 0 Å². The summed E-state index contributed by atoms with van der Waals surface area (Å²) in [5.41, 5.74) is 5.75. The highest BCUT2D eigenvalue weighted by atomic mass is 16.5. The zero-order valence-corrected chi connectivity index (χ0v) is 17.0. The number of ketones is 1. The summed E-state index contributed by atoms with van der Waals surface area (Å²) in [4.78, 5) is 14.9. The minimum atomic E-state index is 0.0657. The number of nitrogens with zero attached hydrogens (tertiary/aromatic N) is 1. The Balaban J connectivity index is 1.76. The van der Waals surface area contributed by atoms with Gasteiger partial charge in [0.1, 0.15) is 5.75 Å². The SMILES string of the molecule is COc1cc2c(cc1OC)[C@@H]1CCc3ccc(OC)c(C(C)=O)c3CN1CC2. The Morgan fingerprint density at radius 2 is 1.68 bits per heavy atom. The Morgan fingerprint density at radius 3 is 2.36 bits per heavy atom. The first-order chi connectivity index (χ1) is 13.6. The Morgan fingerprint density at radius 1 is 0.964 bits per heavy atom. The van der Waals surface area contributed by atoms with Gasteiger partial charge in [0.05, 0.1) is 26.9 Å². The second-order valence-electron chi connectivity index (χ2n) is 7.52. The third-order valence-electron chi connectivity index (χ3n) is 6.11. The molecule has 0 fully saturated rings. The lowest BCUT2D eigenvalue weighted by atomic mass is 9.89. The summed E-state index contributed by atoms with van der Waals surface area (Å²) >= 11 is 0. The van der Waals surface area contributed by atoms with E-state index in [0.717, 1.165) is 55.0 Å². The molecule has 0 radical (unpaired) electrons. The molecule has 5 nitrogen and oxygen atoms in total. The number of benzene rings is 2. The molecular weight excluding hydrogens is 354 g/mol. The number of carbonyl (C=O) groups is 1. The Labute approximate surface area is 166 Å². The maximum Gasteiger partial charge on any atom is 0.163 e. The molecule has 148 valence electrons. The summed E-state index contributed by atoms with van der Waals surface area (Å²) in [6, 6.07) is 8.61. The van der Waals surface area contributed by atoms with E-state index in [-0.39, 0.29) is 5.78 Å². The molecule has 2 aromatic rings. The van der Waals surface area contributed by atoms with Crippen molar-refractivity contribution in [2.75, 3.05) is 27.9 Å². The van der Waals surface area contributed by atoms with Gasteiger partial charge in [-0.1, -0.05) is 6.07 Å². The lowest BCUT2D eigenvalue weighted by Crippen LogP contribution is -2.34. The summed E-state index contributed by atoms with van der Waals surface area (Å²) < 4.78 is 16.5. The fourth-order valence-corrected chi connectivity index (χ4v) is 4.74. The predicted molar refractivity (Wildman–Crippen MR) is 108 cm³/mol. The Kier molecular flexibility index (Phi) is 5.02. The van der Waals surface area contributed by atoms with Crippen LogP contribution in [-0.2, 0) is 19.4 Å². The van der Waals surface area contributed by atoms with E-state index in [4.69, 9.17) is 14.2 Å². The van der Waals surface area contributed by atoms with Crippen molar-refractivity contribution < 1.29 is 19.0 Å². The van der Waals surface area contributed by atoms with Crippen molar-refractivity contribution in [1.82, 2.24) is 4.90 Å². The van der Waals surface area contributed by atoms with E-state index in [1.54, 1.807) is 28.3 Å². The third kappa shape index (κ3) is 3.04. The van der Waals surface area contributed by atoms with Crippen molar-refractivity contribution in [3.05, 3.63) is 52.1 Å². The summed E-state index contributed by atoms with van der Waals surface area (Å²) in [6.07, 6.45) is 2.91. The van der Waals surface area contributed by atoms with Crippen LogP contribution in [0.3, 0.4) is 0 Å². The third-order valence-corrected chi connectivity index (χ3v) is 6.11. The lowest BCUT2D eigenvalue weighted by Gasteiger charge is -2.36. The van der Waals surface area contributed by atoms with Gasteiger partial charge in [-0.3, -0.25) is 9.69 Å². The van der Waals surface area contributed by atoms with Crippen LogP contribution in [0.1, 0.15) is 52.0 Å².